The maximum absolute atomic E-state index is 12.9. The maximum Gasteiger partial charge on any atom is 0.251 e. The normalized spacial score (nSPS) is 13.2. The van der Waals surface area contributed by atoms with E-state index < -0.39 is 29.8 Å². The van der Waals surface area contributed by atoms with E-state index in [-0.39, 0.29) is 0 Å². The molecule has 23 heavy (non-hydrogen) atoms. The van der Waals surface area contributed by atoms with Gasteiger partial charge in [-0.25, -0.2) is 4.39 Å². The largest absolute Gasteiger partial charge is 0.386 e. The van der Waals surface area contributed by atoms with Gasteiger partial charge in [0.25, 0.3) is 5.91 Å². The molecular weight excluding hydrogens is 299 g/mol. The number of halogens is 1. The maximum atomic E-state index is 12.9. The summed E-state index contributed by atoms with van der Waals surface area (Å²) in [6.45, 7) is 1.64. The lowest BCUT2D eigenvalue weighted by atomic mass is 10.0. The Kier molecular flexibility index (Phi) is 5.08. The smallest absolute Gasteiger partial charge is 0.251 e. The summed E-state index contributed by atoms with van der Waals surface area (Å²) in [6, 6.07) is 10.7. The zero-order chi connectivity index (χ0) is 17.0. The Morgan fingerprint density at radius 2 is 1.57 bits per heavy atom. The van der Waals surface area contributed by atoms with Crippen LogP contribution in [0.4, 0.5) is 4.39 Å². The Bertz CT molecular complexity index is 699. The van der Waals surface area contributed by atoms with Gasteiger partial charge in [-0.3, -0.25) is 9.59 Å². The highest BCUT2D eigenvalue weighted by Crippen LogP contribution is 2.17. The van der Waals surface area contributed by atoms with E-state index >= 15 is 0 Å². The van der Waals surface area contributed by atoms with Gasteiger partial charge in [-0.15, -0.1) is 0 Å². The van der Waals surface area contributed by atoms with Crippen molar-refractivity contribution in [1.29, 1.82) is 0 Å². The molecule has 0 bridgehead atoms. The molecule has 0 aromatic heterocycles. The summed E-state index contributed by atoms with van der Waals surface area (Å²) in [7, 11) is 0. The minimum Gasteiger partial charge on any atom is -0.386 e. The molecule has 0 heterocycles. The van der Waals surface area contributed by atoms with Gasteiger partial charge in [-0.1, -0.05) is 12.1 Å². The number of primary amides is 1. The SMILES string of the molecule is CC(NC(=O)c1ccc(C(N)=O)cc1)C(O)c1ccc(F)cc1. The van der Waals surface area contributed by atoms with Crippen molar-refractivity contribution in [1.82, 2.24) is 5.32 Å². The molecule has 2 unspecified atom stereocenters. The molecule has 2 rings (SSSR count). The zero-order valence-corrected chi connectivity index (χ0v) is 12.5. The summed E-state index contributed by atoms with van der Waals surface area (Å²) >= 11 is 0. The van der Waals surface area contributed by atoms with E-state index in [0.29, 0.717) is 16.7 Å². The highest BCUT2D eigenvalue weighted by atomic mass is 19.1. The van der Waals surface area contributed by atoms with E-state index in [1.54, 1.807) is 6.92 Å². The quantitative estimate of drug-likeness (QED) is 0.785. The first-order valence-electron chi connectivity index (χ1n) is 7.02. The third-order valence-electron chi connectivity index (χ3n) is 3.48. The van der Waals surface area contributed by atoms with Gasteiger partial charge in [-0.05, 0) is 48.9 Å². The number of nitrogens with two attached hydrogens (primary N) is 1. The van der Waals surface area contributed by atoms with Crippen LogP contribution in [0.5, 0.6) is 0 Å². The molecule has 0 fully saturated rings. The highest BCUT2D eigenvalue weighted by molar-refractivity contribution is 5.97. The van der Waals surface area contributed by atoms with Crippen LogP contribution in [0.25, 0.3) is 0 Å². The van der Waals surface area contributed by atoms with Gasteiger partial charge >= 0.3 is 0 Å². The number of amides is 2. The molecule has 0 aliphatic rings. The second-order valence-electron chi connectivity index (χ2n) is 5.20. The number of hydrogen-bond acceptors (Lipinski definition) is 3. The van der Waals surface area contributed by atoms with Crippen LogP contribution in [0.3, 0.4) is 0 Å². The first-order valence-corrected chi connectivity index (χ1v) is 7.02. The molecule has 4 N–H and O–H groups in total. The molecular formula is C17H17FN2O3. The summed E-state index contributed by atoms with van der Waals surface area (Å²) in [5, 5.41) is 12.9. The first-order chi connectivity index (χ1) is 10.9. The van der Waals surface area contributed by atoms with Crippen LogP contribution in [0, 0.1) is 5.82 Å². The summed E-state index contributed by atoms with van der Waals surface area (Å²) < 4.78 is 12.9. The zero-order valence-electron chi connectivity index (χ0n) is 12.5. The molecule has 0 saturated carbocycles. The molecule has 0 aliphatic heterocycles. The van der Waals surface area contributed by atoms with Crippen LogP contribution in [0.15, 0.2) is 48.5 Å². The summed E-state index contributed by atoms with van der Waals surface area (Å²) in [6.07, 6.45) is -0.968. The third kappa shape index (κ3) is 4.14. The van der Waals surface area contributed by atoms with Crippen molar-refractivity contribution in [2.75, 3.05) is 0 Å². The Hall–Kier alpha value is -2.73. The molecule has 0 aliphatic carbocycles. The fourth-order valence-corrected chi connectivity index (χ4v) is 2.10. The van der Waals surface area contributed by atoms with E-state index in [0.717, 1.165) is 0 Å². The molecule has 0 spiro atoms. The Labute approximate surface area is 132 Å². The summed E-state index contributed by atoms with van der Waals surface area (Å²) in [5.41, 5.74) is 6.29. The Morgan fingerprint density at radius 3 is 2.09 bits per heavy atom. The lowest BCUT2D eigenvalue weighted by molar-refractivity contribution is 0.0851. The van der Waals surface area contributed by atoms with Crippen molar-refractivity contribution in [2.24, 2.45) is 5.73 Å². The number of carbonyl (C=O) groups excluding carboxylic acids is 2. The van der Waals surface area contributed by atoms with Crippen LogP contribution in [-0.2, 0) is 0 Å². The second-order valence-corrected chi connectivity index (χ2v) is 5.20. The van der Waals surface area contributed by atoms with Crippen molar-refractivity contribution in [3.63, 3.8) is 0 Å². The second kappa shape index (κ2) is 7.02. The molecule has 2 amide bonds. The monoisotopic (exact) mass is 316 g/mol. The van der Waals surface area contributed by atoms with E-state index in [9.17, 15) is 19.1 Å². The summed E-state index contributed by atoms with van der Waals surface area (Å²) in [4.78, 5) is 23.1. The summed E-state index contributed by atoms with van der Waals surface area (Å²) in [5.74, 6) is -1.36. The molecule has 2 atom stereocenters. The van der Waals surface area contributed by atoms with Gasteiger partial charge in [0.05, 0.1) is 12.1 Å². The molecule has 2 aromatic carbocycles. The molecule has 5 nitrogen and oxygen atoms in total. The predicted octanol–water partition coefficient (Wildman–Crippen LogP) is 1.78. The highest BCUT2D eigenvalue weighted by Gasteiger charge is 2.19. The van der Waals surface area contributed by atoms with Gasteiger partial charge in [0.15, 0.2) is 0 Å². The number of aliphatic hydroxyl groups excluding tert-OH is 1. The number of rotatable bonds is 5. The van der Waals surface area contributed by atoms with Crippen molar-refractivity contribution in [2.45, 2.75) is 19.1 Å². The number of benzene rings is 2. The van der Waals surface area contributed by atoms with Crippen LogP contribution in [0.1, 0.15) is 39.3 Å². The number of carbonyl (C=O) groups is 2. The lowest BCUT2D eigenvalue weighted by Gasteiger charge is -2.20. The number of hydrogen-bond donors (Lipinski definition) is 3. The van der Waals surface area contributed by atoms with Gasteiger partial charge in [0.1, 0.15) is 5.82 Å². The Balaban J connectivity index is 2.03. The van der Waals surface area contributed by atoms with E-state index in [1.165, 1.54) is 48.5 Å². The standard InChI is InChI=1S/C17H17FN2O3/c1-10(15(21)11-6-8-14(18)9-7-11)20-17(23)13-4-2-12(3-5-13)16(19)22/h2-10,15,21H,1H3,(H2,19,22)(H,20,23). The number of aliphatic hydroxyl groups is 1. The fraction of sp³-hybridized carbons (Fsp3) is 0.176. The molecule has 6 heteroatoms. The molecule has 120 valence electrons. The first kappa shape index (κ1) is 16.6. The molecule has 0 saturated heterocycles. The van der Waals surface area contributed by atoms with Gasteiger partial charge in [0.2, 0.25) is 5.91 Å². The van der Waals surface area contributed by atoms with Crippen LogP contribution in [0.2, 0.25) is 0 Å². The van der Waals surface area contributed by atoms with Crippen molar-refractivity contribution in [3.8, 4) is 0 Å². The minimum atomic E-state index is -0.968. The van der Waals surface area contributed by atoms with E-state index in [2.05, 4.69) is 5.32 Å². The van der Waals surface area contributed by atoms with Crippen molar-refractivity contribution >= 4 is 11.8 Å². The van der Waals surface area contributed by atoms with Crippen LogP contribution in [-0.4, -0.2) is 23.0 Å². The third-order valence-corrected chi connectivity index (χ3v) is 3.48. The number of nitrogens with one attached hydrogen (secondary N) is 1. The molecule has 0 radical (unpaired) electrons. The Morgan fingerprint density at radius 1 is 1.04 bits per heavy atom. The topological polar surface area (TPSA) is 92.4 Å². The van der Waals surface area contributed by atoms with Crippen LogP contribution >= 0.6 is 0 Å². The van der Waals surface area contributed by atoms with E-state index in [1.807, 2.05) is 0 Å². The predicted molar refractivity (Wildman–Crippen MR) is 83.2 cm³/mol. The van der Waals surface area contributed by atoms with Crippen molar-refractivity contribution < 1.29 is 19.1 Å². The van der Waals surface area contributed by atoms with Gasteiger partial charge in [0, 0.05) is 11.1 Å². The fourth-order valence-electron chi connectivity index (χ4n) is 2.10. The van der Waals surface area contributed by atoms with E-state index in [4.69, 9.17) is 5.73 Å². The van der Waals surface area contributed by atoms with Gasteiger partial charge < -0.3 is 16.2 Å². The van der Waals surface area contributed by atoms with Crippen LogP contribution < -0.4 is 11.1 Å². The van der Waals surface area contributed by atoms with Crippen molar-refractivity contribution in [3.05, 3.63) is 71.0 Å². The average molecular weight is 316 g/mol. The van der Waals surface area contributed by atoms with Gasteiger partial charge in [-0.2, -0.15) is 0 Å². The minimum absolute atomic E-state index is 0.306. The average Bonchev–Trinajstić information content (AvgIpc) is 2.54. The lowest BCUT2D eigenvalue weighted by Crippen LogP contribution is -2.37. The molecule has 2 aromatic rings.